The Morgan fingerprint density at radius 1 is 1.10 bits per heavy atom. The fourth-order valence-corrected chi connectivity index (χ4v) is 2.13. The van der Waals surface area contributed by atoms with Crippen molar-refractivity contribution >= 4 is 40.5 Å². The number of anilines is 3. The van der Waals surface area contributed by atoms with Crippen LogP contribution in [0.1, 0.15) is 5.82 Å². The average molecular weight is 314 g/mol. The summed E-state index contributed by atoms with van der Waals surface area (Å²) in [6, 6.07) is 6.79. The summed E-state index contributed by atoms with van der Waals surface area (Å²) < 4.78 is 5.01. The first-order valence-electron chi connectivity index (χ1n) is 5.67. The number of aromatic nitrogens is 2. The Kier molecular flexibility index (Phi) is 4.97. The summed E-state index contributed by atoms with van der Waals surface area (Å²) in [4.78, 5) is 8.45. The Bertz CT molecular complexity index is 588. The first-order chi connectivity index (χ1) is 9.60. The Hall–Kier alpha value is -1.60. The van der Waals surface area contributed by atoms with E-state index in [0.717, 1.165) is 0 Å². The molecule has 8 heteroatoms. The second-order valence-electron chi connectivity index (χ2n) is 3.92. The zero-order valence-electron chi connectivity index (χ0n) is 10.7. The minimum Gasteiger partial charge on any atom is -0.377 e. The standard InChI is InChI=1S/C12H13Cl2N5O/c1-20-6-12-17-10(5-11(18-12)19-15)16-9-3-7(13)2-8(14)4-9/h2-5H,6,15H2,1H3,(H2,16,17,18,19). The van der Waals surface area contributed by atoms with Gasteiger partial charge in [0, 0.05) is 28.9 Å². The smallest absolute Gasteiger partial charge is 0.158 e. The van der Waals surface area contributed by atoms with Gasteiger partial charge in [-0.15, -0.1) is 0 Å². The molecule has 0 amide bonds. The highest BCUT2D eigenvalue weighted by atomic mass is 35.5. The molecule has 0 aliphatic heterocycles. The van der Waals surface area contributed by atoms with Gasteiger partial charge in [-0.3, -0.25) is 0 Å². The van der Waals surface area contributed by atoms with Gasteiger partial charge in [0.05, 0.1) is 0 Å². The summed E-state index contributed by atoms with van der Waals surface area (Å²) in [6.45, 7) is 0.278. The third-order valence-corrected chi connectivity index (χ3v) is 2.77. The van der Waals surface area contributed by atoms with Crippen molar-refractivity contribution in [3.05, 3.63) is 40.1 Å². The number of methoxy groups -OCH3 is 1. The van der Waals surface area contributed by atoms with Crippen LogP contribution in [0.15, 0.2) is 24.3 Å². The van der Waals surface area contributed by atoms with E-state index in [2.05, 4.69) is 20.7 Å². The van der Waals surface area contributed by atoms with Gasteiger partial charge >= 0.3 is 0 Å². The van der Waals surface area contributed by atoms with Crippen molar-refractivity contribution in [2.75, 3.05) is 17.9 Å². The largest absolute Gasteiger partial charge is 0.377 e. The number of nitrogens with zero attached hydrogens (tertiary/aromatic N) is 2. The summed E-state index contributed by atoms with van der Waals surface area (Å²) in [5.74, 6) is 6.90. The summed E-state index contributed by atoms with van der Waals surface area (Å²) >= 11 is 11.9. The lowest BCUT2D eigenvalue weighted by molar-refractivity contribution is 0.178. The summed E-state index contributed by atoms with van der Waals surface area (Å²) in [6.07, 6.45) is 0. The van der Waals surface area contributed by atoms with Crippen LogP contribution in [-0.2, 0) is 11.3 Å². The van der Waals surface area contributed by atoms with Crippen LogP contribution in [-0.4, -0.2) is 17.1 Å². The SMILES string of the molecule is COCc1nc(NN)cc(Nc2cc(Cl)cc(Cl)c2)n1. The topological polar surface area (TPSA) is 85.1 Å². The lowest BCUT2D eigenvalue weighted by atomic mass is 10.3. The van der Waals surface area contributed by atoms with Crippen LogP contribution >= 0.6 is 23.2 Å². The molecule has 4 N–H and O–H groups in total. The van der Waals surface area contributed by atoms with E-state index in [-0.39, 0.29) is 6.61 Å². The average Bonchev–Trinajstić information content (AvgIpc) is 2.37. The second kappa shape index (κ2) is 6.71. The van der Waals surface area contributed by atoms with Crippen LogP contribution in [0.4, 0.5) is 17.3 Å². The highest BCUT2D eigenvalue weighted by molar-refractivity contribution is 6.35. The van der Waals surface area contributed by atoms with E-state index in [1.807, 2.05) is 0 Å². The molecule has 0 saturated carbocycles. The Morgan fingerprint density at radius 2 is 1.75 bits per heavy atom. The number of nitrogens with two attached hydrogens (primary N) is 1. The molecule has 0 unspecified atom stereocenters. The number of halogens is 2. The number of rotatable bonds is 5. The van der Waals surface area contributed by atoms with Crippen LogP contribution in [0.25, 0.3) is 0 Å². The molecular formula is C12H13Cl2N5O. The third kappa shape index (κ3) is 3.94. The first-order valence-corrected chi connectivity index (χ1v) is 6.43. The van der Waals surface area contributed by atoms with Crippen molar-refractivity contribution < 1.29 is 4.74 Å². The monoisotopic (exact) mass is 313 g/mol. The number of hydrogen-bond donors (Lipinski definition) is 3. The number of nitrogens with one attached hydrogen (secondary N) is 2. The van der Waals surface area contributed by atoms with Gasteiger partial charge < -0.3 is 15.5 Å². The van der Waals surface area contributed by atoms with Crippen molar-refractivity contribution in [3.63, 3.8) is 0 Å². The maximum atomic E-state index is 5.95. The van der Waals surface area contributed by atoms with Crippen molar-refractivity contribution in [2.24, 2.45) is 5.84 Å². The summed E-state index contributed by atoms with van der Waals surface area (Å²) in [5, 5.41) is 4.15. The Morgan fingerprint density at radius 3 is 2.35 bits per heavy atom. The molecule has 1 heterocycles. The van der Waals surface area contributed by atoms with Crippen LogP contribution < -0.4 is 16.6 Å². The second-order valence-corrected chi connectivity index (χ2v) is 4.79. The molecule has 1 aromatic heterocycles. The highest BCUT2D eigenvalue weighted by Crippen LogP contribution is 2.25. The molecule has 6 nitrogen and oxygen atoms in total. The molecule has 0 saturated heterocycles. The molecule has 1 aromatic carbocycles. The first kappa shape index (κ1) is 14.8. The van der Waals surface area contributed by atoms with E-state index in [1.165, 1.54) is 0 Å². The van der Waals surface area contributed by atoms with E-state index < -0.39 is 0 Å². The molecule has 2 rings (SSSR count). The third-order valence-electron chi connectivity index (χ3n) is 2.33. The fourth-order valence-electron chi connectivity index (χ4n) is 1.60. The van der Waals surface area contributed by atoms with Gasteiger partial charge in [0.15, 0.2) is 5.82 Å². The predicted octanol–water partition coefficient (Wildman–Crippen LogP) is 2.96. The van der Waals surface area contributed by atoms with Crippen LogP contribution in [0.3, 0.4) is 0 Å². The number of hydrazine groups is 1. The Balaban J connectivity index is 2.29. The quantitative estimate of drug-likeness (QED) is 0.581. The minimum absolute atomic E-state index is 0.278. The normalized spacial score (nSPS) is 10.4. The van der Waals surface area contributed by atoms with E-state index >= 15 is 0 Å². The van der Waals surface area contributed by atoms with Crippen LogP contribution in [0.2, 0.25) is 10.0 Å². The summed E-state index contributed by atoms with van der Waals surface area (Å²) in [5.41, 5.74) is 3.19. The van der Waals surface area contributed by atoms with Gasteiger partial charge in [-0.1, -0.05) is 23.2 Å². The lowest BCUT2D eigenvalue weighted by Gasteiger charge is -2.10. The zero-order valence-corrected chi connectivity index (χ0v) is 12.2. The summed E-state index contributed by atoms with van der Waals surface area (Å²) in [7, 11) is 1.57. The van der Waals surface area contributed by atoms with E-state index in [4.69, 9.17) is 33.8 Å². The van der Waals surface area contributed by atoms with Crippen LogP contribution in [0, 0.1) is 0 Å². The van der Waals surface area contributed by atoms with Crippen LogP contribution in [0.5, 0.6) is 0 Å². The zero-order chi connectivity index (χ0) is 14.5. The molecule has 2 aromatic rings. The number of nitrogen functional groups attached to an aromatic ring is 1. The molecule has 0 spiro atoms. The predicted molar refractivity (Wildman–Crippen MR) is 80.3 cm³/mol. The molecule has 0 bridgehead atoms. The Labute approximate surface area is 126 Å². The molecule has 0 atom stereocenters. The van der Waals surface area contributed by atoms with Gasteiger partial charge in [0.1, 0.15) is 18.2 Å². The minimum atomic E-state index is 0.278. The molecule has 106 valence electrons. The van der Waals surface area contributed by atoms with Crippen molar-refractivity contribution in [2.45, 2.75) is 6.61 Å². The molecule has 0 radical (unpaired) electrons. The van der Waals surface area contributed by atoms with E-state index in [0.29, 0.717) is 33.2 Å². The van der Waals surface area contributed by atoms with Gasteiger partial charge in [0.25, 0.3) is 0 Å². The number of benzene rings is 1. The molecular weight excluding hydrogens is 301 g/mol. The molecule has 0 fully saturated rings. The fraction of sp³-hybridized carbons (Fsp3) is 0.167. The van der Waals surface area contributed by atoms with Crippen molar-refractivity contribution in [3.8, 4) is 0 Å². The highest BCUT2D eigenvalue weighted by Gasteiger charge is 2.05. The van der Waals surface area contributed by atoms with Crippen molar-refractivity contribution in [1.82, 2.24) is 9.97 Å². The molecule has 0 aliphatic carbocycles. The van der Waals surface area contributed by atoms with E-state index in [1.54, 1.807) is 31.4 Å². The van der Waals surface area contributed by atoms with Gasteiger partial charge in [0.2, 0.25) is 0 Å². The number of ether oxygens (including phenoxy) is 1. The van der Waals surface area contributed by atoms with Crippen molar-refractivity contribution in [1.29, 1.82) is 0 Å². The van der Waals surface area contributed by atoms with Gasteiger partial charge in [-0.05, 0) is 18.2 Å². The maximum absolute atomic E-state index is 5.95. The molecule has 0 aliphatic rings. The van der Waals surface area contributed by atoms with E-state index in [9.17, 15) is 0 Å². The lowest BCUT2D eigenvalue weighted by Crippen LogP contribution is -2.11. The van der Waals surface area contributed by atoms with Gasteiger partial charge in [-0.2, -0.15) is 0 Å². The number of hydrogen-bond acceptors (Lipinski definition) is 6. The van der Waals surface area contributed by atoms with Gasteiger partial charge in [-0.25, -0.2) is 15.8 Å². The molecule has 20 heavy (non-hydrogen) atoms. The maximum Gasteiger partial charge on any atom is 0.158 e.